The van der Waals surface area contributed by atoms with Gasteiger partial charge in [0.25, 0.3) is 0 Å². The Balaban J connectivity index is 1.88. The molecular formula is C18H23NO2. The van der Waals surface area contributed by atoms with E-state index in [0.29, 0.717) is 6.61 Å². The molecule has 0 radical (unpaired) electrons. The molecule has 2 rings (SSSR count). The van der Waals surface area contributed by atoms with Crippen molar-refractivity contribution in [3.63, 3.8) is 0 Å². The van der Waals surface area contributed by atoms with Crippen molar-refractivity contribution in [3.8, 4) is 5.75 Å². The molecule has 0 saturated heterocycles. The third kappa shape index (κ3) is 5.21. The quantitative estimate of drug-likeness (QED) is 0.783. The Morgan fingerprint density at radius 2 is 1.81 bits per heavy atom. The van der Waals surface area contributed by atoms with Gasteiger partial charge in [-0.1, -0.05) is 49.4 Å². The Morgan fingerprint density at radius 1 is 1.05 bits per heavy atom. The van der Waals surface area contributed by atoms with Crippen LogP contribution in [0, 0.1) is 0 Å². The van der Waals surface area contributed by atoms with Crippen molar-refractivity contribution in [3.05, 3.63) is 65.7 Å². The monoisotopic (exact) mass is 285 g/mol. The van der Waals surface area contributed by atoms with Crippen LogP contribution in [-0.4, -0.2) is 17.8 Å². The first-order valence-corrected chi connectivity index (χ1v) is 7.41. The largest absolute Gasteiger partial charge is 0.489 e. The van der Waals surface area contributed by atoms with Crippen LogP contribution in [0.1, 0.15) is 24.5 Å². The Bertz CT molecular complexity index is 524. The Labute approximate surface area is 126 Å². The molecule has 0 aliphatic heterocycles. The van der Waals surface area contributed by atoms with Crippen molar-refractivity contribution in [2.45, 2.75) is 32.5 Å². The highest BCUT2D eigenvalue weighted by Gasteiger charge is 2.04. The van der Waals surface area contributed by atoms with Gasteiger partial charge in [-0.05, 0) is 29.7 Å². The molecule has 1 unspecified atom stereocenters. The van der Waals surface area contributed by atoms with Crippen LogP contribution in [0.4, 0.5) is 0 Å². The molecule has 0 bridgehead atoms. The van der Waals surface area contributed by atoms with E-state index in [1.807, 2.05) is 36.4 Å². The average Bonchev–Trinajstić information content (AvgIpc) is 2.55. The predicted octanol–water partition coefficient (Wildman–Crippen LogP) is 3.13. The maximum Gasteiger partial charge on any atom is 0.120 e. The summed E-state index contributed by atoms with van der Waals surface area (Å²) < 4.78 is 5.82. The van der Waals surface area contributed by atoms with E-state index in [4.69, 9.17) is 4.74 Å². The average molecular weight is 285 g/mol. The van der Waals surface area contributed by atoms with E-state index < -0.39 is 0 Å². The molecule has 0 heterocycles. The second kappa shape index (κ2) is 8.45. The van der Waals surface area contributed by atoms with Gasteiger partial charge < -0.3 is 15.2 Å². The van der Waals surface area contributed by atoms with Crippen molar-refractivity contribution in [1.82, 2.24) is 5.32 Å². The van der Waals surface area contributed by atoms with Gasteiger partial charge in [0, 0.05) is 12.6 Å². The van der Waals surface area contributed by atoms with Gasteiger partial charge in [-0.25, -0.2) is 0 Å². The molecule has 0 aromatic heterocycles. The number of aliphatic hydroxyl groups is 1. The number of hydrogen-bond donors (Lipinski definition) is 2. The van der Waals surface area contributed by atoms with Crippen molar-refractivity contribution in [2.75, 3.05) is 6.61 Å². The van der Waals surface area contributed by atoms with Crippen molar-refractivity contribution >= 4 is 0 Å². The lowest BCUT2D eigenvalue weighted by atomic mass is 10.2. The highest BCUT2D eigenvalue weighted by atomic mass is 16.5. The summed E-state index contributed by atoms with van der Waals surface area (Å²) in [4.78, 5) is 0. The van der Waals surface area contributed by atoms with Crippen LogP contribution in [0.3, 0.4) is 0 Å². The fourth-order valence-electron chi connectivity index (χ4n) is 2.09. The number of ether oxygens (including phenoxy) is 1. The van der Waals surface area contributed by atoms with E-state index in [9.17, 15) is 5.11 Å². The van der Waals surface area contributed by atoms with Gasteiger partial charge in [-0.2, -0.15) is 0 Å². The molecule has 2 aromatic rings. The van der Waals surface area contributed by atoms with Crippen LogP contribution in [0.2, 0.25) is 0 Å². The summed E-state index contributed by atoms with van der Waals surface area (Å²) in [6.45, 7) is 3.54. The fourth-order valence-corrected chi connectivity index (χ4v) is 2.09. The van der Waals surface area contributed by atoms with Gasteiger partial charge in [0.2, 0.25) is 0 Å². The van der Waals surface area contributed by atoms with Crippen molar-refractivity contribution in [1.29, 1.82) is 0 Å². The zero-order valence-corrected chi connectivity index (χ0v) is 12.5. The number of aliphatic hydroxyl groups excluding tert-OH is 1. The van der Waals surface area contributed by atoms with E-state index in [-0.39, 0.29) is 12.6 Å². The van der Waals surface area contributed by atoms with Gasteiger partial charge >= 0.3 is 0 Å². The summed E-state index contributed by atoms with van der Waals surface area (Å²) in [7, 11) is 0. The third-order valence-electron chi connectivity index (χ3n) is 3.45. The molecule has 2 N–H and O–H groups in total. The number of hydrogen-bond acceptors (Lipinski definition) is 3. The Kier molecular flexibility index (Phi) is 6.25. The minimum absolute atomic E-state index is 0.152. The first kappa shape index (κ1) is 15.5. The molecule has 3 nitrogen and oxygen atoms in total. The summed E-state index contributed by atoms with van der Waals surface area (Å²) in [6.07, 6.45) is 0.917. The maximum atomic E-state index is 9.18. The number of nitrogens with one attached hydrogen (secondary N) is 1. The lowest BCUT2D eigenvalue weighted by molar-refractivity contribution is 0.238. The number of rotatable bonds is 8. The zero-order valence-electron chi connectivity index (χ0n) is 12.5. The van der Waals surface area contributed by atoms with Crippen LogP contribution in [0.15, 0.2) is 54.6 Å². The van der Waals surface area contributed by atoms with E-state index in [1.165, 1.54) is 0 Å². The first-order chi connectivity index (χ1) is 10.3. The van der Waals surface area contributed by atoms with E-state index in [1.54, 1.807) is 0 Å². The molecule has 21 heavy (non-hydrogen) atoms. The Hall–Kier alpha value is -1.84. The maximum absolute atomic E-state index is 9.18. The van der Waals surface area contributed by atoms with Gasteiger partial charge in [-0.3, -0.25) is 0 Å². The SMILES string of the molecule is CCC(CO)NCc1cccc(OCc2ccccc2)c1. The highest BCUT2D eigenvalue weighted by Crippen LogP contribution is 2.15. The van der Waals surface area contributed by atoms with Crippen LogP contribution >= 0.6 is 0 Å². The zero-order chi connectivity index (χ0) is 14.9. The fraction of sp³-hybridized carbons (Fsp3) is 0.333. The summed E-state index contributed by atoms with van der Waals surface area (Å²) in [5.41, 5.74) is 2.32. The third-order valence-corrected chi connectivity index (χ3v) is 3.45. The summed E-state index contributed by atoms with van der Waals surface area (Å²) in [6, 6.07) is 18.4. The lowest BCUT2D eigenvalue weighted by Gasteiger charge is -2.14. The van der Waals surface area contributed by atoms with Crippen LogP contribution in [0.5, 0.6) is 5.75 Å². The molecule has 2 aromatic carbocycles. The molecule has 3 heteroatoms. The molecule has 0 fully saturated rings. The van der Waals surface area contributed by atoms with Gasteiger partial charge in [0.05, 0.1) is 6.61 Å². The van der Waals surface area contributed by atoms with Gasteiger partial charge in [-0.15, -0.1) is 0 Å². The van der Waals surface area contributed by atoms with Crippen LogP contribution < -0.4 is 10.1 Å². The predicted molar refractivity (Wildman–Crippen MR) is 85.2 cm³/mol. The molecule has 1 atom stereocenters. The second-order valence-corrected chi connectivity index (χ2v) is 5.09. The molecular weight excluding hydrogens is 262 g/mol. The highest BCUT2D eigenvalue weighted by molar-refractivity contribution is 5.29. The van der Waals surface area contributed by atoms with Gasteiger partial charge in [0.1, 0.15) is 12.4 Å². The smallest absolute Gasteiger partial charge is 0.120 e. The van der Waals surface area contributed by atoms with E-state index in [0.717, 1.165) is 29.8 Å². The standard InChI is InChI=1S/C18H23NO2/c1-2-17(13-20)19-12-16-9-6-10-18(11-16)21-14-15-7-4-3-5-8-15/h3-11,17,19-20H,2,12-14H2,1H3. The molecule has 0 aliphatic rings. The molecule has 0 aliphatic carbocycles. The Morgan fingerprint density at radius 3 is 2.52 bits per heavy atom. The second-order valence-electron chi connectivity index (χ2n) is 5.09. The molecule has 0 spiro atoms. The van der Waals surface area contributed by atoms with Gasteiger partial charge in [0.15, 0.2) is 0 Å². The van der Waals surface area contributed by atoms with Crippen LogP contribution in [0.25, 0.3) is 0 Å². The first-order valence-electron chi connectivity index (χ1n) is 7.41. The van der Waals surface area contributed by atoms with Crippen molar-refractivity contribution < 1.29 is 9.84 Å². The molecule has 0 amide bonds. The van der Waals surface area contributed by atoms with Crippen molar-refractivity contribution in [2.24, 2.45) is 0 Å². The minimum atomic E-state index is 0.152. The molecule has 0 saturated carbocycles. The lowest BCUT2D eigenvalue weighted by Crippen LogP contribution is -2.31. The molecule has 112 valence electrons. The minimum Gasteiger partial charge on any atom is -0.489 e. The number of benzene rings is 2. The summed E-state index contributed by atoms with van der Waals surface area (Å²) in [5, 5.41) is 12.5. The van der Waals surface area contributed by atoms with E-state index >= 15 is 0 Å². The normalized spacial score (nSPS) is 12.1. The van der Waals surface area contributed by atoms with E-state index in [2.05, 4.69) is 30.4 Å². The summed E-state index contributed by atoms with van der Waals surface area (Å²) in [5.74, 6) is 0.871. The topological polar surface area (TPSA) is 41.5 Å². The van der Waals surface area contributed by atoms with Crippen LogP contribution in [-0.2, 0) is 13.2 Å². The summed E-state index contributed by atoms with van der Waals surface area (Å²) >= 11 is 0.